The molecule has 0 fully saturated rings. The van der Waals surface area contributed by atoms with E-state index < -0.39 is 5.76 Å². The molecule has 4 rings (SSSR count). The van der Waals surface area contributed by atoms with Gasteiger partial charge in [-0.1, -0.05) is 41.0 Å². The normalized spacial score (nSPS) is 11.1. The van der Waals surface area contributed by atoms with E-state index in [2.05, 4.69) is 10.1 Å². The van der Waals surface area contributed by atoms with Crippen LogP contribution < -0.4 is 10.5 Å². The van der Waals surface area contributed by atoms with Crippen LogP contribution in [0.4, 0.5) is 0 Å². The van der Waals surface area contributed by atoms with Crippen LogP contribution in [0.25, 0.3) is 22.5 Å². The highest BCUT2D eigenvalue weighted by atomic mass is 35.5. The number of nitrogens with zero attached hydrogens (tertiary/aromatic N) is 3. The van der Waals surface area contributed by atoms with Crippen molar-refractivity contribution >= 4 is 22.7 Å². The quantitative estimate of drug-likeness (QED) is 0.544. The summed E-state index contributed by atoms with van der Waals surface area (Å²) in [5.74, 6) is -0.0985. The van der Waals surface area contributed by atoms with Gasteiger partial charge in [0.05, 0.1) is 17.1 Å². The van der Waals surface area contributed by atoms with Gasteiger partial charge in [-0.2, -0.15) is 4.98 Å². The zero-order chi connectivity index (χ0) is 17.2. The number of oxazole rings is 1. The Morgan fingerprint density at radius 3 is 2.80 bits per heavy atom. The fraction of sp³-hybridized carbons (Fsp3) is 0.118. The molecule has 0 saturated carbocycles. The van der Waals surface area contributed by atoms with Gasteiger partial charge in [-0.05, 0) is 24.3 Å². The molecular formula is C17H12ClN3O4. The number of fused-ring (bicyclic) bond motifs is 1. The number of benzene rings is 2. The lowest BCUT2D eigenvalue weighted by molar-refractivity contribution is 0.195. The third-order valence-corrected chi connectivity index (χ3v) is 3.97. The van der Waals surface area contributed by atoms with E-state index in [1.54, 1.807) is 24.3 Å². The van der Waals surface area contributed by atoms with Gasteiger partial charge in [-0.25, -0.2) is 4.79 Å². The van der Waals surface area contributed by atoms with Crippen LogP contribution in [0.2, 0.25) is 5.02 Å². The Hall–Kier alpha value is -3.06. The minimum Gasteiger partial charge on any atom is -0.447 e. The van der Waals surface area contributed by atoms with Crippen LogP contribution in [0, 0.1) is 0 Å². The maximum absolute atomic E-state index is 11.9. The topological polar surface area (TPSA) is 83.3 Å². The van der Waals surface area contributed by atoms with E-state index in [1.807, 2.05) is 24.3 Å². The summed E-state index contributed by atoms with van der Waals surface area (Å²) in [6, 6.07) is 14.4. The van der Waals surface area contributed by atoms with Crippen molar-refractivity contribution in [2.45, 2.75) is 6.54 Å². The number of hydrogen-bond donors (Lipinski definition) is 0. The van der Waals surface area contributed by atoms with E-state index in [4.69, 9.17) is 25.3 Å². The van der Waals surface area contributed by atoms with Crippen LogP contribution in [0.3, 0.4) is 0 Å². The molecule has 7 nitrogen and oxygen atoms in total. The lowest BCUT2D eigenvalue weighted by Gasteiger charge is -2.01. The molecule has 0 aliphatic heterocycles. The van der Waals surface area contributed by atoms with Gasteiger partial charge in [0.2, 0.25) is 5.82 Å². The van der Waals surface area contributed by atoms with Crippen molar-refractivity contribution in [3.8, 4) is 17.5 Å². The van der Waals surface area contributed by atoms with Crippen molar-refractivity contribution in [3.05, 3.63) is 64.1 Å². The minimum absolute atomic E-state index is 0.00997. The summed E-state index contributed by atoms with van der Waals surface area (Å²) < 4.78 is 17.1. The van der Waals surface area contributed by atoms with E-state index in [0.717, 1.165) is 0 Å². The van der Waals surface area contributed by atoms with Gasteiger partial charge in [-0.15, -0.1) is 0 Å². The molecule has 25 heavy (non-hydrogen) atoms. The van der Waals surface area contributed by atoms with Crippen LogP contribution in [-0.4, -0.2) is 21.3 Å². The molecule has 0 unspecified atom stereocenters. The van der Waals surface area contributed by atoms with Gasteiger partial charge in [0, 0.05) is 5.56 Å². The number of hydrogen-bond acceptors (Lipinski definition) is 6. The maximum Gasteiger partial charge on any atom is 0.420 e. The molecule has 0 radical (unpaired) electrons. The molecule has 4 aromatic rings. The molecule has 8 heteroatoms. The zero-order valence-corrected chi connectivity index (χ0v) is 13.6. The molecule has 2 heterocycles. The first-order chi connectivity index (χ1) is 12.2. The Labute approximate surface area is 146 Å². The van der Waals surface area contributed by atoms with Crippen LogP contribution in [-0.2, 0) is 6.54 Å². The van der Waals surface area contributed by atoms with Crippen LogP contribution in [0.1, 0.15) is 0 Å². The van der Waals surface area contributed by atoms with Crippen LogP contribution >= 0.6 is 11.6 Å². The van der Waals surface area contributed by atoms with E-state index >= 15 is 0 Å². The summed E-state index contributed by atoms with van der Waals surface area (Å²) >= 11 is 6.10. The molecular weight excluding hydrogens is 346 g/mol. The lowest BCUT2D eigenvalue weighted by Crippen LogP contribution is -2.18. The zero-order valence-electron chi connectivity index (χ0n) is 12.9. The molecule has 0 amide bonds. The average Bonchev–Trinajstić information content (AvgIpc) is 3.20. The van der Waals surface area contributed by atoms with E-state index in [-0.39, 0.29) is 12.7 Å². The Bertz CT molecular complexity index is 1080. The lowest BCUT2D eigenvalue weighted by atomic mass is 10.2. The van der Waals surface area contributed by atoms with Gasteiger partial charge in [-0.3, -0.25) is 9.09 Å². The smallest absolute Gasteiger partial charge is 0.420 e. The van der Waals surface area contributed by atoms with Gasteiger partial charge < -0.3 is 9.15 Å². The number of aromatic nitrogens is 3. The van der Waals surface area contributed by atoms with Crippen LogP contribution in [0.5, 0.6) is 6.08 Å². The average molecular weight is 358 g/mol. The Morgan fingerprint density at radius 2 is 1.92 bits per heavy atom. The monoisotopic (exact) mass is 357 g/mol. The Kier molecular flexibility index (Phi) is 3.99. The molecule has 2 aromatic carbocycles. The van der Waals surface area contributed by atoms with Crippen molar-refractivity contribution in [1.82, 2.24) is 14.7 Å². The molecule has 0 aliphatic rings. The van der Waals surface area contributed by atoms with Gasteiger partial charge in [0.25, 0.3) is 0 Å². The molecule has 0 bridgehead atoms. The molecule has 0 spiro atoms. The molecule has 0 aliphatic carbocycles. The van der Waals surface area contributed by atoms with Crippen molar-refractivity contribution in [3.63, 3.8) is 0 Å². The van der Waals surface area contributed by atoms with Crippen molar-refractivity contribution < 1.29 is 13.7 Å². The third-order valence-electron chi connectivity index (χ3n) is 3.64. The molecule has 0 atom stereocenters. The van der Waals surface area contributed by atoms with E-state index in [1.165, 1.54) is 4.57 Å². The summed E-state index contributed by atoms with van der Waals surface area (Å²) in [6.07, 6.45) is 0.00997. The summed E-state index contributed by atoms with van der Waals surface area (Å²) in [7, 11) is 0. The predicted molar refractivity (Wildman–Crippen MR) is 90.7 cm³/mol. The number of halogens is 1. The number of ether oxygens (including phenoxy) is 1. The van der Waals surface area contributed by atoms with Crippen molar-refractivity contribution in [1.29, 1.82) is 0 Å². The highest BCUT2D eigenvalue weighted by Gasteiger charge is 2.13. The van der Waals surface area contributed by atoms with Gasteiger partial charge in [0.15, 0.2) is 5.58 Å². The fourth-order valence-corrected chi connectivity index (χ4v) is 2.69. The predicted octanol–water partition coefficient (Wildman–Crippen LogP) is 3.38. The Morgan fingerprint density at radius 1 is 1.12 bits per heavy atom. The first kappa shape index (κ1) is 15.5. The van der Waals surface area contributed by atoms with Crippen LogP contribution in [0.15, 0.2) is 62.3 Å². The summed E-state index contributed by atoms with van der Waals surface area (Å²) in [5, 5.41) is 4.37. The molecule has 0 N–H and O–H groups in total. The largest absolute Gasteiger partial charge is 0.447 e. The molecule has 126 valence electrons. The molecule has 0 saturated heterocycles. The number of rotatable bonds is 5. The van der Waals surface area contributed by atoms with Gasteiger partial charge in [0.1, 0.15) is 6.61 Å². The summed E-state index contributed by atoms with van der Waals surface area (Å²) in [5.41, 5.74) is 1.89. The molecule has 2 aromatic heterocycles. The summed E-state index contributed by atoms with van der Waals surface area (Å²) in [6.45, 7) is 0.466. The maximum atomic E-state index is 11.9. The highest BCUT2D eigenvalue weighted by Crippen LogP contribution is 2.26. The van der Waals surface area contributed by atoms with E-state index in [9.17, 15) is 4.79 Å². The van der Waals surface area contributed by atoms with Gasteiger partial charge >= 0.3 is 11.8 Å². The van der Waals surface area contributed by atoms with E-state index in [0.29, 0.717) is 34.1 Å². The Balaban J connectivity index is 1.47. The second-order valence-corrected chi connectivity index (χ2v) is 5.61. The van der Waals surface area contributed by atoms with Crippen molar-refractivity contribution in [2.24, 2.45) is 0 Å². The second kappa shape index (κ2) is 6.45. The first-order valence-corrected chi connectivity index (χ1v) is 7.90. The van der Waals surface area contributed by atoms with Crippen molar-refractivity contribution in [2.75, 3.05) is 6.61 Å². The standard InChI is InChI=1S/C17H12ClN3O4/c18-12-6-2-1-5-11(12)15-19-16(25-20-15)23-10-9-21-13-7-3-4-8-14(13)24-17(21)22/h1-8H,9-10H2. The highest BCUT2D eigenvalue weighted by molar-refractivity contribution is 6.33. The fourth-order valence-electron chi connectivity index (χ4n) is 2.47. The minimum atomic E-state index is -0.438. The number of para-hydroxylation sites is 2. The first-order valence-electron chi connectivity index (χ1n) is 7.52. The SMILES string of the molecule is O=c1oc2ccccc2n1CCOc1nc(-c2ccccc2Cl)no1. The third kappa shape index (κ3) is 3.01. The second-order valence-electron chi connectivity index (χ2n) is 5.20. The summed E-state index contributed by atoms with van der Waals surface area (Å²) in [4.78, 5) is 16.0.